The zero-order chi connectivity index (χ0) is 21.6. The number of benzene rings is 2. The lowest BCUT2D eigenvalue weighted by molar-refractivity contribution is -0.202. The molecule has 0 saturated carbocycles. The number of amidine groups is 1. The van der Waals surface area contributed by atoms with Gasteiger partial charge in [0.05, 0.1) is 5.02 Å². The van der Waals surface area contributed by atoms with Crippen LogP contribution in [0.4, 0.5) is 8.78 Å². The van der Waals surface area contributed by atoms with E-state index in [1.54, 1.807) is 30.5 Å². The molecule has 3 heterocycles. The Balaban J connectivity index is 1.69. The fourth-order valence-electron chi connectivity index (χ4n) is 4.15. The van der Waals surface area contributed by atoms with Gasteiger partial charge in [0.1, 0.15) is 18.4 Å². The Morgan fingerprint density at radius 2 is 1.84 bits per heavy atom. The van der Waals surface area contributed by atoms with Crippen LogP contribution < -0.4 is 10.5 Å². The van der Waals surface area contributed by atoms with Gasteiger partial charge in [-0.2, -0.15) is 8.78 Å². The van der Waals surface area contributed by atoms with Crippen LogP contribution in [0.2, 0.25) is 5.02 Å². The van der Waals surface area contributed by atoms with Crippen molar-refractivity contribution in [3.05, 3.63) is 83.1 Å². The van der Waals surface area contributed by atoms with Gasteiger partial charge >= 0.3 is 5.92 Å². The molecule has 0 radical (unpaired) electrons. The Labute approximate surface area is 182 Å². The van der Waals surface area contributed by atoms with E-state index in [2.05, 4.69) is 9.98 Å². The van der Waals surface area contributed by atoms with Crippen molar-refractivity contribution in [1.82, 2.24) is 4.98 Å². The molecular weight excluding hydrogens is 424 g/mol. The number of halogens is 3. The summed E-state index contributed by atoms with van der Waals surface area (Å²) in [5.74, 6) is -2.99. The molecule has 2 aromatic carbocycles. The summed E-state index contributed by atoms with van der Waals surface area (Å²) in [4.78, 5) is 7.74. The highest BCUT2D eigenvalue weighted by atomic mass is 35.5. The smallest absolute Gasteiger partial charge is 0.310 e. The lowest BCUT2D eigenvalue weighted by Crippen LogP contribution is -2.57. The third-order valence-electron chi connectivity index (χ3n) is 5.67. The molecule has 5 nitrogen and oxygen atoms in total. The molecule has 5 rings (SSSR count). The first-order valence-electron chi connectivity index (χ1n) is 9.72. The SMILES string of the molecule is NC1=NCC(F)(F)[C@]2(CC(c3ccccc3)Oc3ccc(-c4cncc(Cl)c4)cc32)O1. The van der Waals surface area contributed by atoms with E-state index >= 15 is 8.78 Å². The molecule has 0 amide bonds. The largest absolute Gasteiger partial charge is 0.485 e. The summed E-state index contributed by atoms with van der Waals surface area (Å²) in [5.41, 5.74) is 6.13. The van der Waals surface area contributed by atoms with Crippen LogP contribution in [-0.2, 0) is 10.3 Å². The van der Waals surface area contributed by atoms with E-state index < -0.39 is 24.2 Å². The first-order valence-corrected chi connectivity index (χ1v) is 10.1. The fourth-order valence-corrected chi connectivity index (χ4v) is 4.32. The van der Waals surface area contributed by atoms with Gasteiger partial charge in [-0.25, -0.2) is 4.99 Å². The van der Waals surface area contributed by atoms with Crippen LogP contribution in [0, 0.1) is 0 Å². The molecule has 2 aliphatic rings. The van der Waals surface area contributed by atoms with Crippen molar-refractivity contribution in [1.29, 1.82) is 0 Å². The highest BCUT2D eigenvalue weighted by Gasteiger charge is 2.63. The van der Waals surface area contributed by atoms with Gasteiger partial charge in [-0.15, -0.1) is 0 Å². The van der Waals surface area contributed by atoms with E-state index in [1.165, 1.54) is 6.20 Å². The molecule has 0 fully saturated rings. The second kappa shape index (κ2) is 7.20. The average Bonchev–Trinajstić information content (AvgIpc) is 2.77. The predicted octanol–water partition coefficient (Wildman–Crippen LogP) is 5.10. The first kappa shape index (κ1) is 19.8. The average molecular weight is 442 g/mol. The Morgan fingerprint density at radius 1 is 1.03 bits per heavy atom. The van der Waals surface area contributed by atoms with Crippen molar-refractivity contribution in [2.45, 2.75) is 24.0 Å². The summed E-state index contributed by atoms with van der Waals surface area (Å²) in [6, 6.07) is 15.8. The van der Waals surface area contributed by atoms with Gasteiger partial charge in [0, 0.05) is 29.9 Å². The van der Waals surface area contributed by atoms with Crippen LogP contribution in [-0.4, -0.2) is 23.5 Å². The molecule has 31 heavy (non-hydrogen) atoms. The van der Waals surface area contributed by atoms with E-state index in [4.69, 9.17) is 26.8 Å². The van der Waals surface area contributed by atoms with Gasteiger partial charge in [0.2, 0.25) is 5.60 Å². The molecule has 8 heteroatoms. The van der Waals surface area contributed by atoms with Crippen molar-refractivity contribution < 1.29 is 18.3 Å². The van der Waals surface area contributed by atoms with E-state index in [-0.39, 0.29) is 18.0 Å². The number of hydrogen-bond acceptors (Lipinski definition) is 5. The monoisotopic (exact) mass is 441 g/mol. The molecular formula is C23H18ClF2N3O2. The number of rotatable bonds is 2. The molecule has 2 N–H and O–H groups in total. The highest BCUT2D eigenvalue weighted by molar-refractivity contribution is 6.30. The quantitative estimate of drug-likeness (QED) is 0.600. The number of pyridine rings is 1. The molecule has 0 bridgehead atoms. The number of aliphatic imine (C=N–C) groups is 1. The van der Waals surface area contributed by atoms with E-state index in [0.717, 1.165) is 5.56 Å². The van der Waals surface area contributed by atoms with Gasteiger partial charge in [-0.05, 0) is 29.3 Å². The van der Waals surface area contributed by atoms with Crippen LogP contribution in [0.25, 0.3) is 11.1 Å². The zero-order valence-electron chi connectivity index (χ0n) is 16.3. The van der Waals surface area contributed by atoms with E-state index in [0.29, 0.717) is 21.9 Å². The Bertz CT molecular complexity index is 1170. The van der Waals surface area contributed by atoms with Crippen molar-refractivity contribution in [2.75, 3.05) is 6.54 Å². The molecule has 1 aromatic heterocycles. The summed E-state index contributed by atoms with van der Waals surface area (Å²) >= 11 is 6.07. The predicted molar refractivity (Wildman–Crippen MR) is 113 cm³/mol. The minimum absolute atomic E-state index is 0.121. The van der Waals surface area contributed by atoms with Crippen LogP contribution in [0.15, 0.2) is 72.0 Å². The minimum atomic E-state index is -3.30. The van der Waals surface area contributed by atoms with Crippen molar-refractivity contribution >= 4 is 17.6 Å². The molecule has 3 aromatic rings. The molecule has 1 unspecified atom stereocenters. The Hall–Kier alpha value is -3.19. The standard InChI is InChI=1S/C23H18ClF2N3O2/c24-17-8-16(11-28-12-17)15-6-7-19-18(9-15)22(23(25,26)13-29-21(27)31-22)10-20(30-19)14-4-2-1-3-5-14/h1-9,11-12,20H,10,13H2,(H2,27,29)/t20?,22-/m1/s1. The second-order valence-corrected chi connectivity index (χ2v) is 8.05. The number of aromatic nitrogens is 1. The normalized spacial score (nSPS) is 24.0. The van der Waals surface area contributed by atoms with Crippen LogP contribution >= 0.6 is 11.6 Å². The Kier molecular flexibility index (Phi) is 4.59. The number of alkyl halides is 2. The number of nitrogens with two attached hydrogens (primary N) is 1. The molecule has 2 aliphatic heterocycles. The number of hydrogen-bond donors (Lipinski definition) is 1. The van der Waals surface area contributed by atoms with Crippen molar-refractivity contribution in [3.63, 3.8) is 0 Å². The van der Waals surface area contributed by atoms with Crippen molar-refractivity contribution in [3.8, 4) is 16.9 Å². The Morgan fingerprint density at radius 3 is 2.61 bits per heavy atom. The van der Waals surface area contributed by atoms with E-state index in [1.807, 2.05) is 30.3 Å². The maximum atomic E-state index is 15.5. The molecule has 0 saturated heterocycles. The molecule has 2 atom stereocenters. The molecule has 1 spiro atoms. The van der Waals surface area contributed by atoms with Gasteiger partial charge < -0.3 is 15.2 Å². The topological polar surface area (TPSA) is 69.7 Å². The number of fused-ring (bicyclic) bond motifs is 2. The van der Waals surface area contributed by atoms with Crippen LogP contribution in [0.3, 0.4) is 0 Å². The minimum Gasteiger partial charge on any atom is -0.485 e. The van der Waals surface area contributed by atoms with Crippen LogP contribution in [0.1, 0.15) is 23.7 Å². The van der Waals surface area contributed by atoms with Gasteiger partial charge in [0.15, 0.2) is 0 Å². The maximum Gasteiger partial charge on any atom is 0.310 e. The lowest BCUT2D eigenvalue weighted by atomic mass is 9.77. The van der Waals surface area contributed by atoms with Crippen molar-refractivity contribution in [2.24, 2.45) is 10.7 Å². The van der Waals surface area contributed by atoms with Gasteiger partial charge in [-0.1, -0.05) is 48.0 Å². The third kappa shape index (κ3) is 3.29. The fraction of sp³-hybridized carbons (Fsp3) is 0.217. The zero-order valence-corrected chi connectivity index (χ0v) is 17.0. The molecule has 158 valence electrons. The van der Waals surface area contributed by atoms with E-state index in [9.17, 15) is 0 Å². The summed E-state index contributed by atoms with van der Waals surface area (Å²) in [7, 11) is 0. The maximum absolute atomic E-state index is 15.5. The summed E-state index contributed by atoms with van der Waals surface area (Å²) in [6.07, 6.45) is 2.37. The van der Waals surface area contributed by atoms with Gasteiger partial charge in [-0.3, -0.25) is 4.98 Å². The summed E-state index contributed by atoms with van der Waals surface area (Å²) in [5, 5.41) is 0.445. The lowest BCUT2D eigenvalue weighted by Gasteiger charge is -2.47. The second-order valence-electron chi connectivity index (χ2n) is 7.61. The highest BCUT2D eigenvalue weighted by Crippen LogP contribution is 2.55. The number of ether oxygens (including phenoxy) is 2. The summed E-state index contributed by atoms with van der Waals surface area (Å²) in [6.45, 7) is -0.761. The summed E-state index contributed by atoms with van der Waals surface area (Å²) < 4.78 is 42.8. The first-order chi connectivity index (χ1) is 14.9. The van der Waals surface area contributed by atoms with Gasteiger partial charge in [0.25, 0.3) is 6.02 Å². The third-order valence-corrected chi connectivity index (χ3v) is 5.88. The van der Waals surface area contributed by atoms with Crippen LogP contribution in [0.5, 0.6) is 5.75 Å². The molecule has 0 aliphatic carbocycles. The number of nitrogens with zero attached hydrogens (tertiary/aromatic N) is 2.